The van der Waals surface area contributed by atoms with E-state index in [1.54, 1.807) is 0 Å². The summed E-state index contributed by atoms with van der Waals surface area (Å²) in [5.74, 6) is -0.878. The summed E-state index contributed by atoms with van der Waals surface area (Å²) in [6.07, 6.45) is 87.2. The van der Waals surface area contributed by atoms with Crippen molar-refractivity contribution in [3.63, 3.8) is 0 Å². The molecular formula is C71H122O6. The Morgan fingerprint density at radius 1 is 0.273 bits per heavy atom. The molecule has 0 aliphatic rings. The van der Waals surface area contributed by atoms with Crippen molar-refractivity contribution >= 4 is 17.9 Å². The lowest BCUT2D eigenvalue weighted by molar-refractivity contribution is -0.167. The molecule has 0 aromatic heterocycles. The third-order valence-corrected chi connectivity index (χ3v) is 14.1. The number of carbonyl (C=O) groups excluding carboxylic acids is 3. The summed E-state index contributed by atoms with van der Waals surface area (Å²) in [5, 5.41) is 0. The maximum absolute atomic E-state index is 12.9. The number of carbonyl (C=O) groups is 3. The molecule has 0 heterocycles. The van der Waals surface area contributed by atoms with Gasteiger partial charge in [0.15, 0.2) is 6.10 Å². The van der Waals surface area contributed by atoms with Crippen LogP contribution in [0.25, 0.3) is 0 Å². The monoisotopic (exact) mass is 1070 g/mol. The summed E-state index contributed by atoms with van der Waals surface area (Å²) in [4.78, 5) is 38.1. The van der Waals surface area contributed by atoms with Crippen LogP contribution in [0.5, 0.6) is 0 Å². The van der Waals surface area contributed by atoms with E-state index in [1.807, 2.05) is 0 Å². The number of ether oxygens (including phenoxy) is 3. The van der Waals surface area contributed by atoms with Gasteiger partial charge in [0, 0.05) is 19.3 Å². The zero-order valence-electron chi connectivity index (χ0n) is 50.7. The van der Waals surface area contributed by atoms with Crippen LogP contribution in [0, 0.1) is 0 Å². The van der Waals surface area contributed by atoms with E-state index in [0.29, 0.717) is 19.3 Å². The highest BCUT2D eigenvalue weighted by molar-refractivity contribution is 5.71. The zero-order valence-corrected chi connectivity index (χ0v) is 50.7. The Kier molecular flexibility index (Phi) is 61.8. The molecule has 0 rings (SSSR count). The van der Waals surface area contributed by atoms with Crippen molar-refractivity contribution in [2.45, 2.75) is 322 Å². The predicted molar refractivity (Wildman–Crippen MR) is 334 cm³/mol. The molecule has 442 valence electrons. The van der Waals surface area contributed by atoms with Gasteiger partial charge in [0.25, 0.3) is 0 Å². The van der Waals surface area contributed by atoms with Gasteiger partial charge < -0.3 is 14.2 Å². The third-order valence-electron chi connectivity index (χ3n) is 14.1. The van der Waals surface area contributed by atoms with E-state index in [0.717, 1.165) is 103 Å². The first-order valence-corrected chi connectivity index (χ1v) is 32.7. The Hall–Kier alpha value is -3.67. The van der Waals surface area contributed by atoms with Crippen LogP contribution < -0.4 is 0 Å². The normalized spacial score (nSPS) is 12.7. The number of esters is 3. The van der Waals surface area contributed by atoms with Crippen molar-refractivity contribution < 1.29 is 28.6 Å². The van der Waals surface area contributed by atoms with Gasteiger partial charge in [0.1, 0.15) is 13.2 Å². The average molecular weight is 1070 g/mol. The summed E-state index contributed by atoms with van der Waals surface area (Å²) < 4.78 is 16.9. The molecule has 1 unspecified atom stereocenters. The largest absolute Gasteiger partial charge is 0.462 e. The fraction of sp³-hybridized carbons (Fsp3) is 0.732. The van der Waals surface area contributed by atoms with E-state index in [2.05, 4.69) is 118 Å². The molecule has 0 amide bonds. The van der Waals surface area contributed by atoms with Crippen molar-refractivity contribution in [3.8, 4) is 0 Å². The molecule has 0 spiro atoms. The Morgan fingerprint density at radius 3 is 0.805 bits per heavy atom. The van der Waals surface area contributed by atoms with Crippen molar-refractivity contribution in [1.82, 2.24) is 0 Å². The molecular weight excluding hydrogens is 949 g/mol. The molecule has 77 heavy (non-hydrogen) atoms. The number of hydrogen-bond acceptors (Lipinski definition) is 6. The van der Waals surface area contributed by atoms with E-state index in [-0.39, 0.29) is 31.1 Å². The Morgan fingerprint density at radius 2 is 0.506 bits per heavy atom. The van der Waals surface area contributed by atoms with Gasteiger partial charge >= 0.3 is 17.9 Å². The molecule has 6 heteroatoms. The van der Waals surface area contributed by atoms with Crippen LogP contribution in [0.1, 0.15) is 316 Å². The van der Waals surface area contributed by atoms with Gasteiger partial charge in [-0.05, 0) is 103 Å². The Balaban J connectivity index is 4.13. The highest BCUT2D eigenvalue weighted by atomic mass is 16.6. The predicted octanol–water partition coefficient (Wildman–Crippen LogP) is 22.4. The molecule has 0 aliphatic carbocycles. The molecule has 0 fully saturated rings. The maximum Gasteiger partial charge on any atom is 0.306 e. The van der Waals surface area contributed by atoms with Gasteiger partial charge in [-0.1, -0.05) is 291 Å². The van der Waals surface area contributed by atoms with Crippen molar-refractivity contribution in [2.75, 3.05) is 13.2 Å². The molecule has 0 radical (unpaired) electrons. The zero-order chi connectivity index (χ0) is 55.7. The number of allylic oxidation sites excluding steroid dienone is 16. The SMILES string of the molecule is CC/C=C\C/C=C\C/C=C\C/C=C\C/C=C\C/C=C\C/C=C\CCCCCCCCCCCCCC(=O)OCC(COC(=O)CCCCCCCCCC)OC(=O)CCCCCCCCC/C=C\CCCCCCCCC. The van der Waals surface area contributed by atoms with Gasteiger partial charge in [-0.15, -0.1) is 0 Å². The standard InChI is InChI=1S/C71H122O6/c1-4-7-10-13-16-19-21-23-25-27-29-30-31-32-33-34-35-36-37-38-39-40-41-42-43-45-46-48-50-52-55-58-61-64-70(73)76-67-68(66-75-69(72)63-60-57-54-18-15-12-9-6-3)77-71(74)65-62-59-56-53-51-49-47-44-28-26-24-22-20-17-14-11-8-5-2/h7,10,16,19,23,25-26,28-30,32-33,35-36,38-39,68H,4-6,8-9,11-15,17-18,20-22,24,27,31,34,37,40-67H2,1-3H3/b10-7-,19-16-,25-23-,28-26-,30-29-,33-32-,36-35-,39-38-. The van der Waals surface area contributed by atoms with E-state index in [1.165, 1.54) is 173 Å². The second kappa shape index (κ2) is 64.9. The summed E-state index contributed by atoms with van der Waals surface area (Å²) >= 11 is 0. The van der Waals surface area contributed by atoms with Crippen LogP contribution in [0.3, 0.4) is 0 Å². The van der Waals surface area contributed by atoms with Crippen molar-refractivity contribution in [3.05, 3.63) is 97.2 Å². The third kappa shape index (κ3) is 63.0. The van der Waals surface area contributed by atoms with E-state index < -0.39 is 6.10 Å². The summed E-state index contributed by atoms with van der Waals surface area (Å²) in [6, 6.07) is 0. The van der Waals surface area contributed by atoms with Crippen LogP contribution in [0.2, 0.25) is 0 Å². The topological polar surface area (TPSA) is 78.9 Å². The van der Waals surface area contributed by atoms with Crippen LogP contribution in [-0.2, 0) is 28.6 Å². The fourth-order valence-corrected chi connectivity index (χ4v) is 9.18. The maximum atomic E-state index is 12.9. The van der Waals surface area contributed by atoms with E-state index in [9.17, 15) is 14.4 Å². The van der Waals surface area contributed by atoms with Gasteiger partial charge in [0.05, 0.1) is 0 Å². The first-order valence-electron chi connectivity index (χ1n) is 32.7. The van der Waals surface area contributed by atoms with Crippen LogP contribution >= 0.6 is 0 Å². The highest BCUT2D eigenvalue weighted by Gasteiger charge is 2.19. The van der Waals surface area contributed by atoms with E-state index >= 15 is 0 Å². The van der Waals surface area contributed by atoms with Crippen LogP contribution in [0.15, 0.2) is 97.2 Å². The minimum atomic E-state index is -0.778. The van der Waals surface area contributed by atoms with Gasteiger partial charge in [-0.3, -0.25) is 14.4 Å². The van der Waals surface area contributed by atoms with Crippen LogP contribution in [0.4, 0.5) is 0 Å². The quantitative estimate of drug-likeness (QED) is 0.0261. The van der Waals surface area contributed by atoms with Crippen LogP contribution in [-0.4, -0.2) is 37.2 Å². The second-order valence-corrected chi connectivity index (χ2v) is 21.6. The molecule has 0 N–H and O–H groups in total. The number of rotatable bonds is 59. The lowest BCUT2D eigenvalue weighted by atomic mass is 10.0. The first-order chi connectivity index (χ1) is 38.0. The van der Waals surface area contributed by atoms with Crippen molar-refractivity contribution in [2.24, 2.45) is 0 Å². The Bertz CT molecular complexity index is 1510. The minimum absolute atomic E-state index is 0.0765. The van der Waals surface area contributed by atoms with Crippen molar-refractivity contribution in [1.29, 1.82) is 0 Å². The average Bonchev–Trinajstić information content (AvgIpc) is 3.43. The molecule has 1 atom stereocenters. The van der Waals surface area contributed by atoms with Gasteiger partial charge in [-0.25, -0.2) is 0 Å². The summed E-state index contributed by atoms with van der Waals surface area (Å²) in [6.45, 7) is 6.51. The first kappa shape index (κ1) is 73.3. The van der Waals surface area contributed by atoms with Gasteiger partial charge in [0.2, 0.25) is 0 Å². The molecule has 0 bridgehead atoms. The fourth-order valence-electron chi connectivity index (χ4n) is 9.18. The van der Waals surface area contributed by atoms with E-state index in [4.69, 9.17) is 14.2 Å². The lowest BCUT2D eigenvalue weighted by Gasteiger charge is -2.18. The molecule has 0 aromatic carbocycles. The minimum Gasteiger partial charge on any atom is -0.462 e. The molecule has 6 nitrogen and oxygen atoms in total. The smallest absolute Gasteiger partial charge is 0.306 e. The second-order valence-electron chi connectivity index (χ2n) is 21.6. The highest BCUT2D eigenvalue weighted by Crippen LogP contribution is 2.16. The number of hydrogen-bond donors (Lipinski definition) is 0. The molecule has 0 aromatic rings. The number of unbranched alkanes of at least 4 members (excludes halogenated alkanes) is 32. The summed E-state index contributed by atoms with van der Waals surface area (Å²) in [5.41, 5.74) is 0. The molecule has 0 aliphatic heterocycles. The Labute approximate surface area is 477 Å². The summed E-state index contributed by atoms with van der Waals surface area (Å²) in [7, 11) is 0. The van der Waals surface area contributed by atoms with Gasteiger partial charge in [-0.2, -0.15) is 0 Å². The molecule has 0 saturated heterocycles. The molecule has 0 saturated carbocycles. The lowest BCUT2D eigenvalue weighted by Crippen LogP contribution is -2.30.